The lowest BCUT2D eigenvalue weighted by Gasteiger charge is -2.24. The molecule has 1 amide bonds. The third kappa shape index (κ3) is 4.40. The van der Waals surface area contributed by atoms with Gasteiger partial charge in [-0.3, -0.25) is 4.79 Å². The third-order valence-corrected chi connectivity index (χ3v) is 5.20. The first-order chi connectivity index (χ1) is 14.1. The number of amides is 1. The summed E-state index contributed by atoms with van der Waals surface area (Å²) in [7, 11) is 2.64. The van der Waals surface area contributed by atoms with Gasteiger partial charge in [-0.05, 0) is 49.2 Å². The van der Waals surface area contributed by atoms with Crippen LogP contribution in [0.5, 0.6) is 0 Å². The molecule has 1 aliphatic rings. The Morgan fingerprint density at radius 3 is 2.17 bits per heavy atom. The Morgan fingerprint density at radius 1 is 0.967 bits per heavy atom. The summed E-state index contributed by atoms with van der Waals surface area (Å²) >= 11 is 0. The van der Waals surface area contributed by atoms with Gasteiger partial charge in [0.2, 0.25) is 0 Å². The number of nitrogens with zero attached hydrogens (tertiary/aromatic N) is 1. The Balaban J connectivity index is 2.06. The highest BCUT2D eigenvalue weighted by Gasteiger charge is 2.43. The molecule has 7 heteroatoms. The monoisotopic (exact) mass is 413 g/mol. The van der Waals surface area contributed by atoms with Gasteiger partial charge >= 0.3 is 18.0 Å². The molecule has 0 spiro atoms. The number of hydrogen-bond acceptors (Lipinski definition) is 6. The first kappa shape index (κ1) is 21.6. The number of fused-ring (bicyclic) bond motifs is 1. The van der Waals surface area contributed by atoms with Gasteiger partial charge in [0.05, 0.1) is 25.7 Å². The van der Waals surface area contributed by atoms with Gasteiger partial charge in [0, 0.05) is 19.0 Å². The molecule has 0 N–H and O–H groups in total. The highest BCUT2D eigenvalue weighted by molar-refractivity contribution is 5.98. The molecule has 0 saturated carbocycles. The maximum Gasteiger partial charge on any atom is 0.410 e. The summed E-state index contributed by atoms with van der Waals surface area (Å²) in [5.74, 6) is -1.97. The summed E-state index contributed by atoms with van der Waals surface area (Å²) in [4.78, 5) is 39.2. The number of benzene rings is 2. The van der Waals surface area contributed by atoms with Crippen molar-refractivity contribution in [3.05, 3.63) is 47.5 Å². The maximum atomic E-state index is 12.6. The predicted octanol–water partition coefficient (Wildman–Crippen LogP) is 3.75. The lowest BCUT2D eigenvalue weighted by atomic mass is 9.84. The average molecular weight is 413 g/mol. The molecule has 0 bridgehead atoms. The number of carbonyl (C=O) groups is 3. The summed E-state index contributed by atoms with van der Waals surface area (Å²) in [6.07, 6.45) is -0.501. The molecule has 1 saturated heterocycles. The van der Waals surface area contributed by atoms with Gasteiger partial charge in [-0.2, -0.15) is 0 Å². The molecule has 0 radical (unpaired) electrons. The summed E-state index contributed by atoms with van der Waals surface area (Å²) in [6, 6.07) is 11.3. The van der Waals surface area contributed by atoms with Gasteiger partial charge in [-0.15, -0.1) is 0 Å². The minimum atomic E-state index is -0.657. The second kappa shape index (κ2) is 8.34. The molecule has 2 aromatic rings. The number of carbonyl (C=O) groups excluding carboxylic acids is 3. The highest BCUT2D eigenvalue weighted by Crippen LogP contribution is 2.38. The van der Waals surface area contributed by atoms with Crippen molar-refractivity contribution in [2.24, 2.45) is 5.92 Å². The number of esters is 2. The van der Waals surface area contributed by atoms with Gasteiger partial charge in [0.1, 0.15) is 5.60 Å². The van der Waals surface area contributed by atoms with Crippen molar-refractivity contribution in [3.8, 4) is 0 Å². The summed E-state index contributed by atoms with van der Waals surface area (Å²) in [5, 5.41) is 1.82. The van der Waals surface area contributed by atoms with Crippen molar-refractivity contribution in [3.63, 3.8) is 0 Å². The zero-order valence-electron chi connectivity index (χ0n) is 17.9. The van der Waals surface area contributed by atoms with Crippen molar-refractivity contribution in [1.82, 2.24) is 4.90 Å². The van der Waals surface area contributed by atoms with Gasteiger partial charge in [-0.1, -0.05) is 24.3 Å². The Kier molecular flexibility index (Phi) is 6.01. The van der Waals surface area contributed by atoms with E-state index in [1.54, 1.807) is 26.8 Å². The average Bonchev–Trinajstić information content (AvgIpc) is 3.16. The molecule has 7 nitrogen and oxygen atoms in total. The summed E-state index contributed by atoms with van der Waals surface area (Å²) in [5.41, 5.74) is 0.374. The van der Waals surface area contributed by atoms with Gasteiger partial charge in [0.15, 0.2) is 0 Å². The zero-order chi connectivity index (χ0) is 22.1. The number of methoxy groups -OCH3 is 2. The van der Waals surface area contributed by atoms with E-state index in [-0.39, 0.29) is 13.1 Å². The maximum absolute atomic E-state index is 12.6. The van der Waals surface area contributed by atoms with E-state index in [2.05, 4.69) is 0 Å². The normalized spacial score (nSPS) is 18.9. The van der Waals surface area contributed by atoms with Crippen LogP contribution in [-0.4, -0.2) is 55.8 Å². The predicted molar refractivity (Wildman–Crippen MR) is 111 cm³/mol. The molecule has 2 aromatic carbocycles. The minimum absolute atomic E-state index is 0.152. The van der Waals surface area contributed by atoms with E-state index in [1.165, 1.54) is 19.1 Å². The Labute approximate surface area is 175 Å². The molecule has 3 rings (SSSR count). The lowest BCUT2D eigenvalue weighted by Crippen LogP contribution is -2.36. The van der Waals surface area contributed by atoms with E-state index >= 15 is 0 Å². The summed E-state index contributed by atoms with van der Waals surface area (Å²) < 4.78 is 15.5. The molecule has 1 fully saturated rings. The molecule has 2 atom stereocenters. The van der Waals surface area contributed by atoms with Crippen LogP contribution in [0, 0.1) is 5.92 Å². The molecule has 1 heterocycles. The van der Waals surface area contributed by atoms with E-state index in [4.69, 9.17) is 14.2 Å². The quantitative estimate of drug-likeness (QED) is 0.563. The third-order valence-electron chi connectivity index (χ3n) is 5.20. The number of ether oxygens (including phenoxy) is 3. The fraction of sp³-hybridized carbons (Fsp3) is 0.435. The van der Waals surface area contributed by atoms with Crippen LogP contribution < -0.4 is 0 Å². The topological polar surface area (TPSA) is 82.1 Å². The van der Waals surface area contributed by atoms with Crippen LogP contribution >= 0.6 is 0 Å². The van der Waals surface area contributed by atoms with E-state index < -0.39 is 35.5 Å². The SMILES string of the molecule is COC(=O)c1cc2ccccc2cc1[C@H]1CN(C(=O)OC(C)(C)C)C[C@@H]1C(=O)OC. The highest BCUT2D eigenvalue weighted by atomic mass is 16.6. The molecule has 30 heavy (non-hydrogen) atoms. The largest absolute Gasteiger partial charge is 0.469 e. The number of rotatable bonds is 3. The van der Waals surface area contributed by atoms with Crippen LogP contribution in [0.4, 0.5) is 4.79 Å². The van der Waals surface area contributed by atoms with Crippen LogP contribution in [0.25, 0.3) is 10.8 Å². The van der Waals surface area contributed by atoms with E-state index in [9.17, 15) is 14.4 Å². The molecule has 1 aliphatic heterocycles. The van der Waals surface area contributed by atoms with Crippen LogP contribution in [0.2, 0.25) is 0 Å². The minimum Gasteiger partial charge on any atom is -0.469 e. The Bertz CT molecular complexity index is 977. The van der Waals surface area contributed by atoms with E-state index in [0.717, 1.165) is 10.8 Å². The van der Waals surface area contributed by atoms with Crippen molar-refractivity contribution < 1.29 is 28.6 Å². The van der Waals surface area contributed by atoms with Crippen molar-refractivity contribution >= 4 is 28.8 Å². The number of likely N-dealkylation sites (tertiary alicyclic amines) is 1. The molecule has 160 valence electrons. The molecular formula is C23H27NO6. The van der Waals surface area contributed by atoms with Gasteiger partial charge in [-0.25, -0.2) is 9.59 Å². The van der Waals surface area contributed by atoms with E-state index in [0.29, 0.717) is 11.1 Å². The fourth-order valence-electron chi connectivity index (χ4n) is 3.84. The Hall–Kier alpha value is -3.09. The smallest absolute Gasteiger partial charge is 0.410 e. The van der Waals surface area contributed by atoms with E-state index in [1.807, 2.05) is 30.3 Å². The molecular weight excluding hydrogens is 386 g/mol. The van der Waals surface area contributed by atoms with Gasteiger partial charge in [0.25, 0.3) is 0 Å². The number of hydrogen-bond donors (Lipinski definition) is 0. The van der Waals surface area contributed by atoms with Crippen LogP contribution in [-0.2, 0) is 19.0 Å². The Morgan fingerprint density at radius 2 is 1.60 bits per heavy atom. The van der Waals surface area contributed by atoms with Crippen LogP contribution in [0.15, 0.2) is 36.4 Å². The molecule has 0 aliphatic carbocycles. The van der Waals surface area contributed by atoms with Crippen molar-refractivity contribution in [2.75, 3.05) is 27.3 Å². The standard InChI is InChI=1S/C23H27NO6/c1-23(2,3)30-22(27)24-12-18(19(13-24)21(26)29-5)16-10-14-8-6-7-9-15(14)11-17(16)20(25)28-4/h6-11,18-19H,12-13H2,1-5H3/t18-,19+/m1/s1. The van der Waals surface area contributed by atoms with Gasteiger partial charge < -0.3 is 19.1 Å². The molecule has 0 unspecified atom stereocenters. The second-order valence-electron chi connectivity index (χ2n) is 8.40. The van der Waals surface area contributed by atoms with Crippen molar-refractivity contribution in [2.45, 2.75) is 32.3 Å². The lowest BCUT2D eigenvalue weighted by molar-refractivity contribution is -0.145. The summed E-state index contributed by atoms with van der Waals surface area (Å²) in [6.45, 7) is 5.75. The first-order valence-electron chi connectivity index (χ1n) is 9.81. The van der Waals surface area contributed by atoms with Crippen LogP contribution in [0.3, 0.4) is 0 Å². The zero-order valence-corrected chi connectivity index (χ0v) is 17.9. The first-order valence-corrected chi connectivity index (χ1v) is 9.81. The van der Waals surface area contributed by atoms with Crippen LogP contribution in [0.1, 0.15) is 42.6 Å². The fourth-order valence-corrected chi connectivity index (χ4v) is 3.84. The molecule has 0 aromatic heterocycles. The second-order valence-corrected chi connectivity index (χ2v) is 8.40. The van der Waals surface area contributed by atoms with Crippen molar-refractivity contribution in [1.29, 1.82) is 0 Å².